The lowest BCUT2D eigenvalue weighted by Gasteiger charge is -2.33. The predicted molar refractivity (Wildman–Crippen MR) is 134 cm³/mol. The molecule has 7 nitrogen and oxygen atoms in total. The van der Waals surface area contributed by atoms with E-state index in [1.807, 2.05) is 76.2 Å². The minimum Gasteiger partial charge on any atom is -0.496 e. The van der Waals surface area contributed by atoms with Crippen LogP contribution in [-0.4, -0.2) is 60.8 Å². The van der Waals surface area contributed by atoms with Crippen molar-refractivity contribution in [3.63, 3.8) is 0 Å². The summed E-state index contributed by atoms with van der Waals surface area (Å²) in [5, 5.41) is 0. The molecule has 1 fully saturated rings. The molecule has 0 radical (unpaired) electrons. The van der Waals surface area contributed by atoms with Crippen molar-refractivity contribution in [2.24, 2.45) is 0 Å². The second kappa shape index (κ2) is 10.8. The molecule has 0 aliphatic carbocycles. The molecule has 184 valence electrons. The lowest BCUT2D eigenvalue weighted by Crippen LogP contribution is -2.41. The second-order valence-corrected chi connectivity index (χ2v) is 9.81. The Bertz CT molecular complexity index is 1010. The van der Waals surface area contributed by atoms with E-state index in [0.29, 0.717) is 31.5 Å². The van der Waals surface area contributed by atoms with Gasteiger partial charge in [-0.1, -0.05) is 18.7 Å². The Labute approximate surface area is 203 Å². The number of hydrogen-bond donors (Lipinski definition) is 0. The third-order valence-electron chi connectivity index (χ3n) is 5.81. The quantitative estimate of drug-likeness (QED) is 0.549. The van der Waals surface area contributed by atoms with Crippen LogP contribution >= 0.6 is 0 Å². The number of nitrogens with zero attached hydrogens (tertiary/aromatic N) is 3. The largest absolute Gasteiger partial charge is 0.496 e. The van der Waals surface area contributed by atoms with Crippen LogP contribution in [0.15, 0.2) is 43.0 Å². The molecule has 1 aliphatic heterocycles. The molecule has 34 heavy (non-hydrogen) atoms. The molecule has 0 N–H and O–H groups in total. The van der Waals surface area contributed by atoms with Crippen LogP contribution in [0.2, 0.25) is 0 Å². The highest BCUT2D eigenvalue weighted by molar-refractivity contribution is 5.68. The van der Waals surface area contributed by atoms with Crippen LogP contribution in [0.4, 0.5) is 4.79 Å². The fourth-order valence-electron chi connectivity index (χ4n) is 3.88. The van der Waals surface area contributed by atoms with E-state index in [0.717, 1.165) is 41.1 Å². The Kier molecular flexibility index (Phi) is 8.07. The van der Waals surface area contributed by atoms with E-state index in [1.54, 1.807) is 12.0 Å². The first-order chi connectivity index (χ1) is 16.1. The van der Waals surface area contributed by atoms with Gasteiger partial charge in [-0.25, -0.2) is 9.78 Å². The van der Waals surface area contributed by atoms with Gasteiger partial charge in [0.15, 0.2) is 0 Å². The third kappa shape index (κ3) is 6.65. The normalized spacial score (nSPS) is 14.5. The maximum Gasteiger partial charge on any atom is 0.410 e. The first kappa shape index (κ1) is 25.4. The van der Waals surface area contributed by atoms with Gasteiger partial charge in [0.1, 0.15) is 18.0 Å². The monoisotopic (exact) mass is 467 g/mol. The number of pyridine rings is 1. The number of benzene rings is 1. The van der Waals surface area contributed by atoms with Gasteiger partial charge in [0.2, 0.25) is 5.88 Å². The van der Waals surface area contributed by atoms with Crippen LogP contribution < -0.4 is 9.47 Å². The fraction of sp³-hybridized carbons (Fsp3) is 0.481. The van der Waals surface area contributed by atoms with E-state index >= 15 is 0 Å². The minimum absolute atomic E-state index is 0.244. The Morgan fingerprint density at radius 1 is 1.18 bits per heavy atom. The molecule has 1 saturated heterocycles. The molecule has 0 saturated carbocycles. The average Bonchev–Trinajstić information content (AvgIpc) is 2.81. The summed E-state index contributed by atoms with van der Waals surface area (Å²) in [5.41, 5.74) is 3.35. The number of likely N-dealkylation sites (tertiary alicyclic amines) is 1. The zero-order valence-corrected chi connectivity index (χ0v) is 21.3. The topological polar surface area (TPSA) is 64.1 Å². The molecular weight excluding hydrogens is 430 g/mol. The van der Waals surface area contributed by atoms with Crippen LogP contribution in [0, 0.1) is 0 Å². The maximum absolute atomic E-state index is 12.3. The molecule has 1 aromatic heterocycles. The number of carbonyl (C=O) groups excluding carboxylic acids is 1. The molecule has 1 aromatic carbocycles. The number of aromatic nitrogens is 1. The summed E-state index contributed by atoms with van der Waals surface area (Å²) in [6, 6.07) is 11.9. The zero-order chi connectivity index (χ0) is 24.9. The Hall–Kier alpha value is -3.22. The smallest absolute Gasteiger partial charge is 0.410 e. The van der Waals surface area contributed by atoms with E-state index in [4.69, 9.17) is 19.2 Å². The highest BCUT2D eigenvalue weighted by Gasteiger charge is 2.28. The van der Waals surface area contributed by atoms with Gasteiger partial charge in [0.25, 0.3) is 0 Å². The summed E-state index contributed by atoms with van der Waals surface area (Å²) >= 11 is 0. The number of amides is 1. The first-order valence-electron chi connectivity index (χ1n) is 11.7. The summed E-state index contributed by atoms with van der Waals surface area (Å²) in [7, 11) is 5.57. The lowest BCUT2D eigenvalue weighted by atomic mass is 9.93. The van der Waals surface area contributed by atoms with Crippen LogP contribution in [-0.2, 0) is 11.3 Å². The number of ether oxygens (including phenoxy) is 3. The molecule has 0 bridgehead atoms. The van der Waals surface area contributed by atoms with Gasteiger partial charge in [-0.05, 0) is 57.4 Å². The summed E-state index contributed by atoms with van der Waals surface area (Å²) in [5.74, 6) is 1.64. The van der Waals surface area contributed by atoms with Crippen LogP contribution in [0.1, 0.15) is 56.4 Å². The molecule has 0 unspecified atom stereocenters. The zero-order valence-electron chi connectivity index (χ0n) is 21.3. The molecule has 1 amide bonds. The van der Waals surface area contributed by atoms with Gasteiger partial charge in [-0.2, -0.15) is 0 Å². The SMILES string of the molecule is C=C(c1ccc(COc2cccc(C3CCN(C(=O)OC(C)(C)C)CC3)n2)cc1OC)N(C)C. The third-order valence-corrected chi connectivity index (χ3v) is 5.81. The molecule has 2 aromatic rings. The number of hydrogen-bond acceptors (Lipinski definition) is 6. The van der Waals surface area contributed by atoms with Crippen LogP contribution in [0.3, 0.4) is 0 Å². The second-order valence-electron chi connectivity index (χ2n) is 9.81. The number of carbonyl (C=O) groups is 1. The summed E-state index contributed by atoms with van der Waals surface area (Å²) in [4.78, 5) is 20.8. The van der Waals surface area contributed by atoms with Crippen LogP contribution in [0.5, 0.6) is 11.6 Å². The van der Waals surface area contributed by atoms with Crippen molar-refractivity contribution in [1.82, 2.24) is 14.8 Å². The van der Waals surface area contributed by atoms with Crippen molar-refractivity contribution >= 4 is 11.8 Å². The highest BCUT2D eigenvalue weighted by Crippen LogP contribution is 2.30. The van der Waals surface area contributed by atoms with E-state index < -0.39 is 5.60 Å². The van der Waals surface area contributed by atoms with Gasteiger partial charge in [0, 0.05) is 56.1 Å². The standard InChI is InChI=1S/C27H37N3O4/c1-19(29(5)6)22-12-11-20(17-24(22)32-7)18-33-25-10-8-9-23(28-25)21-13-15-30(16-14-21)26(31)34-27(2,3)4/h8-12,17,21H,1,13-16,18H2,2-7H3. The predicted octanol–water partition coefficient (Wildman–Crippen LogP) is 5.32. The van der Waals surface area contributed by atoms with E-state index in [-0.39, 0.29) is 6.09 Å². The first-order valence-corrected chi connectivity index (χ1v) is 11.7. The summed E-state index contributed by atoms with van der Waals surface area (Å²) in [6.07, 6.45) is 1.46. The van der Waals surface area contributed by atoms with Gasteiger partial charge >= 0.3 is 6.09 Å². The van der Waals surface area contributed by atoms with Gasteiger partial charge < -0.3 is 24.0 Å². The summed E-state index contributed by atoms with van der Waals surface area (Å²) in [6.45, 7) is 11.5. The molecule has 1 aliphatic rings. The van der Waals surface area contributed by atoms with Crippen molar-refractivity contribution in [3.8, 4) is 11.6 Å². The Morgan fingerprint density at radius 2 is 1.88 bits per heavy atom. The van der Waals surface area contributed by atoms with Crippen molar-refractivity contribution in [3.05, 3.63) is 59.8 Å². The molecule has 7 heteroatoms. The fourth-order valence-corrected chi connectivity index (χ4v) is 3.88. The van der Waals surface area contributed by atoms with Gasteiger partial charge in [0.05, 0.1) is 7.11 Å². The van der Waals surface area contributed by atoms with Crippen molar-refractivity contribution < 1.29 is 19.0 Å². The Balaban J connectivity index is 1.59. The van der Waals surface area contributed by atoms with Crippen LogP contribution in [0.25, 0.3) is 5.70 Å². The van der Waals surface area contributed by atoms with Crippen molar-refractivity contribution in [2.75, 3.05) is 34.3 Å². The van der Waals surface area contributed by atoms with Gasteiger partial charge in [-0.15, -0.1) is 0 Å². The molecule has 0 atom stereocenters. The van der Waals surface area contributed by atoms with E-state index in [9.17, 15) is 4.79 Å². The Morgan fingerprint density at radius 3 is 2.50 bits per heavy atom. The lowest BCUT2D eigenvalue weighted by molar-refractivity contribution is 0.0204. The number of methoxy groups -OCH3 is 1. The molecule has 3 rings (SSSR count). The molecule has 0 spiro atoms. The highest BCUT2D eigenvalue weighted by atomic mass is 16.6. The van der Waals surface area contributed by atoms with Crippen molar-refractivity contribution in [2.45, 2.75) is 51.7 Å². The maximum atomic E-state index is 12.3. The van der Waals surface area contributed by atoms with Crippen molar-refractivity contribution in [1.29, 1.82) is 0 Å². The number of piperidine rings is 1. The molecular formula is C27H37N3O4. The van der Waals surface area contributed by atoms with E-state index in [2.05, 4.69) is 6.58 Å². The number of rotatable bonds is 7. The molecule has 2 heterocycles. The minimum atomic E-state index is -0.480. The van der Waals surface area contributed by atoms with E-state index in [1.165, 1.54) is 0 Å². The van der Waals surface area contributed by atoms with Gasteiger partial charge in [-0.3, -0.25) is 0 Å². The average molecular weight is 468 g/mol. The summed E-state index contributed by atoms with van der Waals surface area (Å²) < 4.78 is 17.1.